The summed E-state index contributed by atoms with van der Waals surface area (Å²) in [6, 6.07) is 6.30. The number of nitro benzene ring substituents is 1. The van der Waals surface area contributed by atoms with Gasteiger partial charge in [-0.3, -0.25) is 10.1 Å². The lowest BCUT2D eigenvalue weighted by Crippen LogP contribution is -2.00. The highest BCUT2D eigenvalue weighted by atomic mass is 19.1. The highest BCUT2D eigenvalue weighted by Crippen LogP contribution is 2.28. The molecule has 0 amide bonds. The van der Waals surface area contributed by atoms with Crippen molar-refractivity contribution in [3.8, 4) is 5.75 Å². The molecule has 0 saturated heterocycles. The minimum Gasteiger partial charge on any atom is -0.482 e. The van der Waals surface area contributed by atoms with Gasteiger partial charge in [0, 0.05) is 23.9 Å². The van der Waals surface area contributed by atoms with E-state index in [9.17, 15) is 14.5 Å². The molecule has 0 fully saturated rings. The Kier molecular flexibility index (Phi) is 3.56. The fraction of sp³-hybridized carbons (Fsp3) is 0.0833. The van der Waals surface area contributed by atoms with Crippen LogP contribution in [0.2, 0.25) is 0 Å². The van der Waals surface area contributed by atoms with E-state index >= 15 is 0 Å². The van der Waals surface area contributed by atoms with Crippen molar-refractivity contribution in [1.29, 1.82) is 0 Å². The summed E-state index contributed by atoms with van der Waals surface area (Å²) in [6.45, 7) is 0.0393. The summed E-state index contributed by atoms with van der Waals surface area (Å²) in [5, 5.41) is 10.8. The number of aromatic nitrogens is 1. The average molecular weight is 263 g/mol. The molecule has 0 aliphatic carbocycles. The molecule has 0 aliphatic heterocycles. The summed E-state index contributed by atoms with van der Waals surface area (Å²) in [7, 11) is 0. The van der Waals surface area contributed by atoms with Crippen LogP contribution in [-0.4, -0.2) is 9.91 Å². The molecule has 1 heterocycles. The van der Waals surface area contributed by atoms with Gasteiger partial charge < -0.3 is 10.5 Å². The minimum atomic E-state index is -0.629. The Hall–Kier alpha value is -2.70. The molecule has 2 N–H and O–H groups in total. The molecule has 2 rings (SSSR count). The first-order valence-corrected chi connectivity index (χ1v) is 5.33. The van der Waals surface area contributed by atoms with E-state index in [-0.39, 0.29) is 18.0 Å². The van der Waals surface area contributed by atoms with Crippen molar-refractivity contribution < 1.29 is 14.1 Å². The largest absolute Gasteiger partial charge is 0.482 e. The second-order valence-electron chi connectivity index (χ2n) is 3.75. The van der Waals surface area contributed by atoms with Crippen molar-refractivity contribution in [3.05, 3.63) is 58.0 Å². The third-order valence-electron chi connectivity index (χ3n) is 2.36. The Balaban J connectivity index is 2.16. The Morgan fingerprint density at radius 2 is 2.16 bits per heavy atom. The van der Waals surface area contributed by atoms with Gasteiger partial charge in [0.25, 0.3) is 0 Å². The van der Waals surface area contributed by atoms with Crippen LogP contribution in [0.1, 0.15) is 5.56 Å². The molecule has 19 heavy (non-hydrogen) atoms. The molecule has 0 bridgehead atoms. The Labute approximate surface area is 107 Å². The van der Waals surface area contributed by atoms with Gasteiger partial charge in [-0.25, -0.2) is 9.37 Å². The van der Waals surface area contributed by atoms with E-state index < -0.39 is 10.7 Å². The quantitative estimate of drug-likeness (QED) is 0.675. The van der Waals surface area contributed by atoms with Gasteiger partial charge in [-0.15, -0.1) is 0 Å². The van der Waals surface area contributed by atoms with Gasteiger partial charge in [0.2, 0.25) is 0 Å². The lowest BCUT2D eigenvalue weighted by molar-refractivity contribution is -0.386. The molecule has 0 aliphatic rings. The van der Waals surface area contributed by atoms with E-state index in [1.807, 2.05) is 0 Å². The normalized spacial score (nSPS) is 10.2. The van der Waals surface area contributed by atoms with Crippen LogP contribution in [0.5, 0.6) is 5.75 Å². The summed E-state index contributed by atoms with van der Waals surface area (Å²) in [5.41, 5.74) is 5.81. The number of rotatable bonds is 4. The van der Waals surface area contributed by atoms with Crippen molar-refractivity contribution >= 4 is 11.5 Å². The van der Waals surface area contributed by atoms with E-state index in [2.05, 4.69) is 4.98 Å². The third kappa shape index (κ3) is 3.15. The van der Waals surface area contributed by atoms with Crippen LogP contribution in [0.4, 0.5) is 15.9 Å². The second kappa shape index (κ2) is 5.30. The van der Waals surface area contributed by atoms with Gasteiger partial charge in [0.1, 0.15) is 18.2 Å². The summed E-state index contributed by atoms with van der Waals surface area (Å²) < 4.78 is 18.3. The molecular formula is C12H10FN3O3. The number of benzene rings is 1. The number of nitrogen functional groups attached to an aromatic ring is 1. The number of halogens is 1. The van der Waals surface area contributed by atoms with Crippen LogP contribution < -0.4 is 10.5 Å². The zero-order chi connectivity index (χ0) is 13.8. The Morgan fingerprint density at radius 3 is 2.79 bits per heavy atom. The van der Waals surface area contributed by atoms with Crippen LogP contribution in [-0.2, 0) is 6.61 Å². The summed E-state index contributed by atoms with van der Waals surface area (Å²) in [4.78, 5) is 14.0. The van der Waals surface area contributed by atoms with Crippen LogP contribution in [0.3, 0.4) is 0 Å². The van der Waals surface area contributed by atoms with E-state index in [4.69, 9.17) is 10.5 Å². The summed E-state index contributed by atoms with van der Waals surface area (Å²) in [6.07, 6.45) is 1.49. The zero-order valence-electron chi connectivity index (χ0n) is 9.75. The third-order valence-corrected chi connectivity index (χ3v) is 2.36. The molecular weight excluding hydrogens is 253 g/mol. The number of nitro groups is 1. The maximum atomic E-state index is 13.1. The van der Waals surface area contributed by atoms with Crippen LogP contribution in [0.15, 0.2) is 36.5 Å². The molecule has 0 spiro atoms. The van der Waals surface area contributed by atoms with Crippen molar-refractivity contribution in [2.45, 2.75) is 6.61 Å². The van der Waals surface area contributed by atoms with Crippen molar-refractivity contribution in [3.63, 3.8) is 0 Å². The molecule has 1 aromatic heterocycles. The maximum Gasteiger partial charge on any atom is 0.311 e. The minimum absolute atomic E-state index is 0.0393. The lowest BCUT2D eigenvalue weighted by Gasteiger charge is -2.06. The number of nitrogens with zero attached hydrogens (tertiary/aromatic N) is 2. The van der Waals surface area contributed by atoms with Crippen molar-refractivity contribution in [2.24, 2.45) is 0 Å². The van der Waals surface area contributed by atoms with Crippen molar-refractivity contribution in [1.82, 2.24) is 4.98 Å². The maximum absolute atomic E-state index is 13.1. The van der Waals surface area contributed by atoms with Crippen LogP contribution in [0.25, 0.3) is 0 Å². The lowest BCUT2D eigenvalue weighted by atomic mass is 10.2. The van der Waals surface area contributed by atoms with Crippen LogP contribution in [0, 0.1) is 15.9 Å². The van der Waals surface area contributed by atoms with Gasteiger partial charge in [0.15, 0.2) is 5.75 Å². The molecule has 2 aromatic rings. The predicted octanol–water partition coefficient (Wildman–Crippen LogP) is 2.29. The van der Waals surface area contributed by atoms with Gasteiger partial charge in [-0.2, -0.15) is 0 Å². The predicted molar refractivity (Wildman–Crippen MR) is 66.0 cm³/mol. The molecule has 0 saturated carbocycles. The Bertz CT molecular complexity index is 602. The number of nitrogens with two attached hydrogens (primary N) is 1. The van der Waals surface area contributed by atoms with E-state index in [0.29, 0.717) is 11.4 Å². The fourth-order valence-electron chi connectivity index (χ4n) is 1.44. The average Bonchev–Trinajstić information content (AvgIpc) is 2.38. The second-order valence-corrected chi connectivity index (χ2v) is 3.75. The molecule has 7 heteroatoms. The van der Waals surface area contributed by atoms with Gasteiger partial charge in [-0.1, -0.05) is 6.07 Å². The topological polar surface area (TPSA) is 91.3 Å². The van der Waals surface area contributed by atoms with Gasteiger partial charge in [-0.05, 0) is 12.1 Å². The first kappa shape index (κ1) is 12.7. The summed E-state index contributed by atoms with van der Waals surface area (Å²) >= 11 is 0. The standard InChI is InChI=1S/C12H10FN3O3/c13-9-2-3-10(16(17)18)11(5-9)19-7-8-1-4-12(14)15-6-8/h1-6H,7H2,(H2,14,15). The molecule has 0 unspecified atom stereocenters. The van der Waals surface area contributed by atoms with E-state index in [1.165, 1.54) is 6.20 Å². The van der Waals surface area contributed by atoms with Gasteiger partial charge in [0.05, 0.1) is 4.92 Å². The fourth-order valence-corrected chi connectivity index (χ4v) is 1.44. The zero-order valence-corrected chi connectivity index (χ0v) is 9.75. The molecule has 6 nitrogen and oxygen atoms in total. The molecule has 98 valence electrons. The Morgan fingerprint density at radius 1 is 1.37 bits per heavy atom. The molecule has 1 aromatic carbocycles. The number of anilines is 1. The number of hydrogen-bond donors (Lipinski definition) is 1. The highest BCUT2D eigenvalue weighted by Gasteiger charge is 2.15. The van der Waals surface area contributed by atoms with E-state index in [0.717, 1.165) is 18.2 Å². The SMILES string of the molecule is Nc1ccc(COc2cc(F)ccc2[N+](=O)[O-])cn1. The molecule has 0 atom stereocenters. The first-order chi connectivity index (χ1) is 9.06. The highest BCUT2D eigenvalue weighted by molar-refractivity contribution is 5.46. The van der Waals surface area contributed by atoms with E-state index in [1.54, 1.807) is 12.1 Å². The molecule has 0 radical (unpaired) electrons. The number of ether oxygens (including phenoxy) is 1. The number of hydrogen-bond acceptors (Lipinski definition) is 5. The van der Waals surface area contributed by atoms with Gasteiger partial charge >= 0.3 is 5.69 Å². The first-order valence-electron chi connectivity index (χ1n) is 5.33. The van der Waals surface area contributed by atoms with Crippen molar-refractivity contribution in [2.75, 3.05) is 5.73 Å². The summed E-state index contributed by atoms with van der Waals surface area (Å²) in [5.74, 6) is -0.363. The van der Waals surface area contributed by atoms with Crippen LogP contribution >= 0.6 is 0 Å². The monoisotopic (exact) mass is 263 g/mol. The smallest absolute Gasteiger partial charge is 0.311 e. The number of pyridine rings is 1.